The van der Waals surface area contributed by atoms with Gasteiger partial charge in [0.1, 0.15) is 0 Å². The number of fused-ring (bicyclic) bond motifs is 1. The number of hydrogen-bond acceptors (Lipinski definition) is 3. The van der Waals surface area contributed by atoms with Gasteiger partial charge in [0.15, 0.2) is 0 Å². The van der Waals surface area contributed by atoms with Crippen LogP contribution in [0.1, 0.15) is 22.3 Å². The summed E-state index contributed by atoms with van der Waals surface area (Å²) in [4.78, 5) is 15.2. The molecule has 136 valence electrons. The molecule has 0 aliphatic carbocycles. The van der Waals surface area contributed by atoms with E-state index in [9.17, 15) is 13.2 Å². The molecule has 0 radical (unpaired) electrons. The minimum atomic E-state index is -3.47. The van der Waals surface area contributed by atoms with Gasteiger partial charge in [-0.05, 0) is 48.4 Å². The fourth-order valence-electron chi connectivity index (χ4n) is 2.86. The van der Waals surface area contributed by atoms with Crippen LogP contribution in [0.2, 0.25) is 0 Å². The van der Waals surface area contributed by atoms with Crippen molar-refractivity contribution < 1.29 is 8.42 Å². The van der Waals surface area contributed by atoms with Gasteiger partial charge in [0.2, 0.25) is 10.0 Å². The first-order valence-corrected chi connectivity index (χ1v) is 10.1. The molecule has 0 fully saturated rings. The topological polar surface area (TPSA) is 79.0 Å². The maximum Gasteiger partial charge on any atom is 0.252 e. The molecule has 0 saturated heterocycles. The van der Waals surface area contributed by atoms with E-state index >= 15 is 0 Å². The van der Waals surface area contributed by atoms with E-state index in [2.05, 4.69) is 9.71 Å². The van der Waals surface area contributed by atoms with Gasteiger partial charge in [-0.15, -0.1) is 0 Å². The van der Waals surface area contributed by atoms with Crippen LogP contribution >= 0.6 is 0 Å². The number of aromatic amines is 1. The first kappa shape index (κ1) is 18.4. The smallest absolute Gasteiger partial charge is 0.252 e. The van der Waals surface area contributed by atoms with Gasteiger partial charge >= 0.3 is 0 Å². The zero-order chi connectivity index (χ0) is 18.7. The first-order chi connectivity index (χ1) is 12.4. The molecule has 5 nitrogen and oxygen atoms in total. The highest BCUT2D eigenvalue weighted by Crippen LogP contribution is 2.18. The van der Waals surface area contributed by atoms with Crippen molar-refractivity contribution in [1.29, 1.82) is 0 Å². The molecule has 0 bridgehead atoms. The van der Waals surface area contributed by atoms with Gasteiger partial charge in [0.05, 0.1) is 11.3 Å². The predicted molar refractivity (Wildman–Crippen MR) is 105 cm³/mol. The molecule has 26 heavy (non-hydrogen) atoms. The van der Waals surface area contributed by atoms with Crippen LogP contribution in [0.25, 0.3) is 10.9 Å². The van der Waals surface area contributed by atoms with Crippen LogP contribution in [0.5, 0.6) is 0 Å². The summed E-state index contributed by atoms with van der Waals surface area (Å²) < 4.78 is 27.0. The van der Waals surface area contributed by atoms with E-state index in [0.29, 0.717) is 12.0 Å². The van der Waals surface area contributed by atoms with E-state index < -0.39 is 10.0 Å². The standard InChI is InChI=1S/C20H22N2O3S/c1-14-8-9-17-12-18(20(23)22-19(17)15(14)2)13-21-26(24,25)11-10-16-6-4-3-5-7-16/h3-9,12,21H,10-11,13H2,1-2H3,(H,22,23). The summed E-state index contributed by atoms with van der Waals surface area (Å²) in [6, 6.07) is 15.1. The molecule has 0 spiro atoms. The molecule has 6 heteroatoms. The second-order valence-corrected chi connectivity index (χ2v) is 8.40. The Kier molecular flexibility index (Phi) is 5.25. The second kappa shape index (κ2) is 7.43. The van der Waals surface area contributed by atoms with Gasteiger partial charge in [0.25, 0.3) is 5.56 Å². The summed E-state index contributed by atoms with van der Waals surface area (Å²) in [5.74, 6) is -0.0131. The Bertz CT molecular complexity index is 1090. The van der Waals surface area contributed by atoms with E-state index in [4.69, 9.17) is 0 Å². The quantitative estimate of drug-likeness (QED) is 0.700. The number of hydrogen-bond donors (Lipinski definition) is 2. The van der Waals surface area contributed by atoms with Crippen molar-refractivity contribution in [3.8, 4) is 0 Å². The van der Waals surface area contributed by atoms with Crippen molar-refractivity contribution in [2.45, 2.75) is 26.8 Å². The van der Waals surface area contributed by atoms with Crippen molar-refractivity contribution in [3.05, 3.63) is 81.1 Å². The fraction of sp³-hybridized carbons (Fsp3) is 0.250. The van der Waals surface area contributed by atoms with Crippen LogP contribution in [0.15, 0.2) is 53.3 Å². The van der Waals surface area contributed by atoms with Crippen LogP contribution in [-0.2, 0) is 23.0 Å². The number of H-pyrrole nitrogens is 1. The summed E-state index contributed by atoms with van der Waals surface area (Å²) >= 11 is 0. The van der Waals surface area contributed by atoms with Crippen molar-refractivity contribution in [3.63, 3.8) is 0 Å². The molecule has 0 amide bonds. The molecule has 0 unspecified atom stereocenters. The number of nitrogens with one attached hydrogen (secondary N) is 2. The van der Waals surface area contributed by atoms with E-state index in [1.54, 1.807) is 6.07 Å². The monoisotopic (exact) mass is 370 g/mol. The summed E-state index contributed by atoms with van der Waals surface area (Å²) in [7, 11) is -3.47. The Morgan fingerprint density at radius 1 is 1.04 bits per heavy atom. The third-order valence-electron chi connectivity index (χ3n) is 4.61. The van der Waals surface area contributed by atoms with E-state index in [0.717, 1.165) is 27.6 Å². The third-order valence-corrected chi connectivity index (χ3v) is 5.94. The average molecular weight is 370 g/mol. The number of aromatic nitrogens is 1. The van der Waals surface area contributed by atoms with E-state index in [1.165, 1.54) is 0 Å². The Labute approximate surface area is 153 Å². The summed E-state index contributed by atoms with van der Waals surface area (Å²) in [5, 5.41) is 0.895. The number of aryl methyl sites for hydroxylation is 3. The van der Waals surface area contributed by atoms with Gasteiger partial charge in [-0.2, -0.15) is 0 Å². The minimum Gasteiger partial charge on any atom is -0.321 e. The van der Waals surface area contributed by atoms with E-state index in [-0.39, 0.29) is 17.9 Å². The molecular formula is C20H22N2O3S. The van der Waals surface area contributed by atoms with Crippen molar-refractivity contribution >= 4 is 20.9 Å². The van der Waals surface area contributed by atoms with Crippen LogP contribution in [0.4, 0.5) is 0 Å². The highest BCUT2D eigenvalue weighted by Gasteiger charge is 2.12. The number of pyridine rings is 1. The molecule has 3 rings (SSSR count). The summed E-state index contributed by atoms with van der Waals surface area (Å²) in [6.45, 7) is 3.93. The lowest BCUT2D eigenvalue weighted by Gasteiger charge is -2.09. The Morgan fingerprint density at radius 2 is 1.77 bits per heavy atom. The summed E-state index contributed by atoms with van der Waals surface area (Å²) in [5.41, 5.74) is 4.02. The average Bonchev–Trinajstić information content (AvgIpc) is 2.63. The van der Waals surface area contributed by atoms with Crippen LogP contribution in [-0.4, -0.2) is 19.2 Å². The van der Waals surface area contributed by atoms with Gasteiger partial charge in [-0.1, -0.05) is 42.5 Å². The minimum absolute atomic E-state index is 0.0131. The molecule has 0 atom stereocenters. The molecular weight excluding hydrogens is 348 g/mol. The number of sulfonamides is 1. The Hall–Kier alpha value is -2.44. The predicted octanol–water partition coefficient (Wildman–Crippen LogP) is 2.81. The zero-order valence-electron chi connectivity index (χ0n) is 14.9. The fourth-order valence-corrected chi connectivity index (χ4v) is 3.88. The normalized spacial score (nSPS) is 11.8. The lowest BCUT2D eigenvalue weighted by Crippen LogP contribution is -2.29. The Morgan fingerprint density at radius 3 is 2.50 bits per heavy atom. The molecule has 2 N–H and O–H groups in total. The van der Waals surface area contributed by atoms with E-state index in [1.807, 2.05) is 56.3 Å². The maximum atomic E-state index is 12.3. The lowest BCUT2D eigenvalue weighted by molar-refractivity contribution is 0.580. The largest absolute Gasteiger partial charge is 0.321 e. The first-order valence-electron chi connectivity index (χ1n) is 8.49. The molecule has 2 aromatic carbocycles. The van der Waals surface area contributed by atoms with Crippen LogP contribution < -0.4 is 10.3 Å². The molecule has 3 aromatic rings. The molecule has 0 aliphatic heterocycles. The van der Waals surface area contributed by atoms with Gasteiger partial charge in [-0.3, -0.25) is 4.79 Å². The highest BCUT2D eigenvalue weighted by molar-refractivity contribution is 7.89. The summed E-state index contributed by atoms with van der Waals surface area (Å²) in [6.07, 6.45) is 0.433. The van der Waals surface area contributed by atoms with Crippen LogP contribution in [0.3, 0.4) is 0 Å². The third kappa shape index (κ3) is 4.20. The second-order valence-electron chi connectivity index (χ2n) is 6.47. The van der Waals surface area contributed by atoms with Gasteiger partial charge in [-0.25, -0.2) is 13.1 Å². The molecule has 1 heterocycles. The van der Waals surface area contributed by atoms with Crippen molar-refractivity contribution in [2.75, 3.05) is 5.75 Å². The van der Waals surface area contributed by atoms with Gasteiger partial charge in [0, 0.05) is 12.1 Å². The zero-order valence-corrected chi connectivity index (χ0v) is 15.7. The highest BCUT2D eigenvalue weighted by atomic mass is 32.2. The maximum absolute atomic E-state index is 12.3. The lowest BCUT2D eigenvalue weighted by atomic mass is 10.0. The van der Waals surface area contributed by atoms with Crippen molar-refractivity contribution in [2.24, 2.45) is 0 Å². The van der Waals surface area contributed by atoms with Crippen LogP contribution in [0, 0.1) is 13.8 Å². The number of rotatable bonds is 6. The molecule has 1 aromatic heterocycles. The molecule has 0 saturated carbocycles. The SMILES string of the molecule is Cc1ccc2cc(CNS(=O)(=O)CCc3ccccc3)c(=O)[nH]c2c1C. The number of benzene rings is 2. The Balaban J connectivity index is 1.73. The molecule has 0 aliphatic rings. The van der Waals surface area contributed by atoms with Gasteiger partial charge < -0.3 is 4.98 Å². The van der Waals surface area contributed by atoms with Crippen molar-refractivity contribution in [1.82, 2.24) is 9.71 Å².